The zero-order valence-corrected chi connectivity index (χ0v) is 8.72. The van der Waals surface area contributed by atoms with Gasteiger partial charge in [0.05, 0.1) is 11.6 Å². The molecule has 0 amide bonds. The number of nitrogens with two attached hydrogens (primary N) is 1. The maximum Gasteiger partial charge on any atom is 0.183 e. The Hall–Kier alpha value is -0.800. The van der Waals surface area contributed by atoms with Gasteiger partial charge in [0.15, 0.2) is 11.6 Å². The fraction of sp³-hybridized carbons (Fsp3) is 0.400. The van der Waals surface area contributed by atoms with Gasteiger partial charge in [0.25, 0.3) is 0 Å². The van der Waals surface area contributed by atoms with E-state index >= 15 is 0 Å². The first-order chi connectivity index (χ1) is 6.65. The Morgan fingerprint density at radius 3 is 2.93 bits per heavy atom. The van der Waals surface area contributed by atoms with Gasteiger partial charge in [-0.2, -0.15) is 0 Å². The molecule has 0 heterocycles. The van der Waals surface area contributed by atoms with Gasteiger partial charge in [-0.05, 0) is 18.7 Å². The summed E-state index contributed by atoms with van der Waals surface area (Å²) in [5.41, 5.74) is 5.40. The molecule has 0 saturated heterocycles. The molecule has 4 heteroatoms. The van der Waals surface area contributed by atoms with Gasteiger partial charge in [0.1, 0.15) is 0 Å². The summed E-state index contributed by atoms with van der Waals surface area (Å²) < 4.78 is 18.5. The van der Waals surface area contributed by atoms with E-state index in [0.717, 1.165) is 0 Å². The molecule has 0 saturated carbocycles. The molecule has 1 aromatic carbocycles. The monoisotopic (exact) mass is 217 g/mol. The van der Waals surface area contributed by atoms with Crippen LogP contribution in [0.5, 0.6) is 5.75 Å². The van der Waals surface area contributed by atoms with Crippen molar-refractivity contribution in [2.75, 3.05) is 13.2 Å². The highest BCUT2D eigenvalue weighted by Gasteiger charge is 2.08. The van der Waals surface area contributed by atoms with Crippen molar-refractivity contribution < 1.29 is 9.13 Å². The molecular formula is C10H13ClFNO. The predicted octanol–water partition coefficient (Wildman–Crippen LogP) is 2.45. The minimum atomic E-state index is -0.515. The molecule has 0 radical (unpaired) electrons. The van der Waals surface area contributed by atoms with Crippen LogP contribution in [0.4, 0.5) is 4.39 Å². The molecule has 0 spiro atoms. The fourth-order valence-corrected chi connectivity index (χ4v) is 1.06. The van der Waals surface area contributed by atoms with Crippen LogP contribution in [-0.2, 0) is 0 Å². The Bertz CT molecular complexity index is 306. The van der Waals surface area contributed by atoms with E-state index in [1.165, 1.54) is 6.07 Å². The molecule has 0 aliphatic carbocycles. The number of ether oxygens (including phenoxy) is 1. The lowest BCUT2D eigenvalue weighted by Crippen LogP contribution is -2.18. The van der Waals surface area contributed by atoms with E-state index in [1.807, 2.05) is 6.92 Å². The van der Waals surface area contributed by atoms with Crippen molar-refractivity contribution in [1.82, 2.24) is 0 Å². The lowest BCUT2D eigenvalue weighted by molar-refractivity contribution is 0.253. The van der Waals surface area contributed by atoms with Crippen molar-refractivity contribution in [2.45, 2.75) is 6.92 Å². The largest absolute Gasteiger partial charge is 0.490 e. The molecule has 14 heavy (non-hydrogen) atoms. The summed E-state index contributed by atoms with van der Waals surface area (Å²) in [5.74, 6) is -0.135. The zero-order chi connectivity index (χ0) is 10.6. The van der Waals surface area contributed by atoms with Crippen LogP contribution in [0.2, 0.25) is 5.02 Å². The van der Waals surface area contributed by atoms with Crippen molar-refractivity contribution >= 4 is 11.6 Å². The minimum absolute atomic E-state index is 0.0721. The summed E-state index contributed by atoms with van der Waals surface area (Å²) in [6.07, 6.45) is 0. The van der Waals surface area contributed by atoms with Crippen LogP contribution in [0.25, 0.3) is 0 Å². The molecule has 0 fully saturated rings. The highest BCUT2D eigenvalue weighted by Crippen LogP contribution is 2.24. The number of rotatable bonds is 4. The second kappa shape index (κ2) is 5.17. The van der Waals surface area contributed by atoms with Crippen molar-refractivity contribution in [3.05, 3.63) is 29.0 Å². The third-order valence-electron chi connectivity index (χ3n) is 1.84. The van der Waals surface area contributed by atoms with E-state index in [0.29, 0.717) is 13.2 Å². The van der Waals surface area contributed by atoms with Gasteiger partial charge in [-0.3, -0.25) is 0 Å². The average Bonchev–Trinajstić information content (AvgIpc) is 2.20. The fourth-order valence-electron chi connectivity index (χ4n) is 0.896. The van der Waals surface area contributed by atoms with Crippen LogP contribution in [0.1, 0.15) is 6.92 Å². The van der Waals surface area contributed by atoms with Crippen molar-refractivity contribution in [3.8, 4) is 5.75 Å². The third kappa shape index (κ3) is 2.86. The Labute approximate surface area is 87.8 Å². The number of hydrogen-bond donors (Lipinski definition) is 1. The topological polar surface area (TPSA) is 35.2 Å². The Balaban J connectivity index is 2.63. The molecule has 0 aliphatic heterocycles. The van der Waals surface area contributed by atoms with Gasteiger partial charge in [-0.15, -0.1) is 0 Å². The molecule has 0 aromatic heterocycles. The standard InChI is InChI=1S/C10H13ClFNO/c1-7(5-13)6-14-9-4-2-3-8(11)10(9)12/h2-4,7H,5-6,13H2,1H3. The van der Waals surface area contributed by atoms with Crippen LogP contribution in [0.15, 0.2) is 18.2 Å². The zero-order valence-electron chi connectivity index (χ0n) is 7.97. The van der Waals surface area contributed by atoms with Gasteiger partial charge in [-0.25, -0.2) is 4.39 Å². The van der Waals surface area contributed by atoms with Crippen LogP contribution in [0.3, 0.4) is 0 Å². The summed E-state index contributed by atoms with van der Waals surface area (Å²) >= 11 is 5.58. The molecule has 2 nitrogen and oxygen atoms in total. The van der Waals surface area contributed by atoms with Gasteiger partial charge in [0.2, 0.25) is 0 Å². The maximum absolute atomic E-state index is 13.3. The Morgan fingerprint density at radius 2 is 2.29 bits per heavy atom. The second-order valence-corrected chi connectivity index (χ2v) is 3.61. The second-order valence-electron chi connectivity index (χ2n) is 3.20. The third-order valence-corrected chi connectivity index (χ3v) is 2.13. The summed E-state index contributed by atoms with van der Waals surface area (Å²) in [4.78, 5) is 0. The first-order valence-electron chi connectivity index (χ1n) is 4.42. The van der Waals surface area contributed by atoms with Crippen LogP contribution >= 0.6 is 11.6 Å². The Morgan fingerprint density at radius 1 is 1.57 bits per heavy atom. The summed E-state index contributed by atoms with van der Waals surface area (Å²) in [5, 5.41) is 0.0721. The van der Waals surface area contributed by atoms with Crippen molar-refractivity contribution in [2.24, 2.45) is 11.7 Å². The van der Waals surface area contributed by atoms with Gasteiger partial charge in [-0.1, -0.05) is 24.6 Å². The molecule has 1 atom stereocenters. The SMILES string of the molecule is CC(CN)COc1cccc(Cl)c1F. The first kappa shape index (κ1) is 11.3. The van der Waals surface area contributed by atoms with E-state index in [9.17, 15) is 4.39 Å². The molecule has 2 N–H and O–H groups in total. The molecule has 1 rings (SSSR count). The van der Waals surface area contributed by atoms with E-state index in [1.54, 1.807) is 12.1 Å². The summed E-state index contributed by atoms with van der Waals surface area (Å²) in [6.45, 7) is 2.85. The summed E-state index contributed by atoms with van der Waals surface area (Å²) in [7, 11) is 0. The van der Waals surface area contributed by atoms with E-state index in [2.05, 4.69) is 0 Å². The molecule has 78 valence electrons. The highest BCUT2D eigenvalue weighted by molar-refractivity contribution is 6.30. The van der Waals surface area contributed by atoms with Gasteiger partial charge < -0.3 is 10.5 Å². The van der Waals surface area contributed by atoms with E-state index in [4.69, 9.17) is 22.1 Å². The average molecular weight is 218 g/mol. The molecule has 1 unspecified atom stereocenters. The van der Waals surface area contributed by atoms with Crippen LogP contribution in [-0.4, -0.2) is 13.2 Å². The quantitative estimate of drug-likeness (QED) is 0.841. The lowest BCUT2D eigenvalue weighted by atomic mass is 10.2. The maximum atomic E-state index is 13.3. The van der Waals surface area contributed by atoms with Crippen molar-refractivity contribution in [1.29, 1.82) is 0 Å². The van der Waals surface area contributed by atoms with Crippen LogP contribution < -0.4 is 10.5 Å². The van der Waals surface area contributed by atoms with Crippen LogP contribution in [0, 0.1) is 11.7 Å². The highest BCUT2D eigenvalue weighted by atomic mass is 35.5. The lowest BCUT2D eigenvalue weighted by Gasteiger charge is -2.11. The van der Waals surface area contributed by atoms with E-state index in [-0.39, 0.29) is 16.7 Å². The predicted molar refractivity (Wildman–Crippen MR) is 55.1 cm³/mol. The minimum Gasteiger partial charge on any atom is -0.490 e. The molecular weight excluding hydrogens is 205 g/mol. The van der Waals surface area contributed by atoms with Crippen molar-refractivity contribution in [3.63, 3.8) is 0 Å². The number of hydrogen-bond acceptors (Lipinski definition) is 2. The first-order valence-corrected chi connectivity index (χ1v) is 4.79. The Kier molecular flexibility index (Phi) is 4.17. The molecule has 1 aromatic rings. The van der Waals surface area contributed by atoms with E-state index < -0.39 is 5.82 Å². The number of halogens is 2. The summed E-state index contributed by atoms with van der Waals surface area (Å²) in [6, 6.07) is 4.68. The normalized spacial score (nSPS) is 12.6. The number of benzene rings is 1. The smallest absolute Gasteiger partial charge is 0.183 e. The molecule has 0 bridgehead atoms. The van der Waals surface area contributed by atoms with Gasteiger partial charge >= 0.3 is 0 Å². The molecule has 0 aliphatic rings. The van der Waals surface area contributed by atoms with Gasteiger partial charge in [0, 0.05) is 5.92 Å².